The molecule has 0 aromatic heterocycles. The number of aliphatic hydroxyl groups excluding tert-OH is 2. The number of aliphatic hydroxyl groups is 2. The molecular weight excluding hydrogens is 239 g/mol. The van der Waals surface area contributed by atoms with Crippen molar-refractivity contribution in [1.82, 2.24) is 0 Å². The van der Waals surface area contributed by atoms with Crippen LogP contribution in [-0.2, 0) is 9.53 Å². The molecule has 0 aliphatic carbocycles. The fourth-order valence-electron chi connectivity index (χ4n) is 1.64. The summed E-state index contributed by atoms with van der Waals surface area (Å²) in [5.74, 6) is -1.10. The van der Waals surface area contributed by atoms with Gasteiger partial charge < -0.3 is 14.9 Å². The molecule has 18 heavy (non-hydrogen) atoms. The summed E-state index contributed by atoms with van der Waals surface area (Å²) in [5.41, 5.74) is 0.915. The minimum Gasteiger partial charge on any atom is -0.466 e. The van der Waals surface area contributed by atoms with Crippen molar-refractivity contribution in [2.24, 2.45) is 0 Å². The van der Waals surface area contributed by atoms with E-state index < -0.39 is 24.0 Å². The first-order valence-electron chi connectivity index (χ1n) is 5.73. The highest BCUT2D eigenvalue weighted by molar-refractivity contribution is 5.70. The van der Waals surface area contributed by atoms with Crippen LogP contribution in [0.25, 0.3) is 0 Å². The smallest absolute Gasteiger partial charge is 0.308 e. The molecule has 1 aromatic carbocycles. The van der Waals surface area contributed by atoms with Crippen LogP contribution < -0.4 is 0 Å². The number of hydrogen-bond acceptors (Lipinski definition) is 4. The van der Waals surface area contributed by atoms with Gasteiger partial charge in [-0.2, -0.15) is 0 Å². The quantitative estimate of drug-likeness (QED) is 0.783. The number of halogens is 1. The van der Waals surface area contributed by atoms with E-state index in [0.717, 1.165) is 6.07 Å². The number of hydrogen-bond donors (Lipinski definition) is 2. The first kappa shape index (κ1) is 14.6. The molecule has 0 heterocycles. The van der Waals surface area contributed by atoms with Crippen molar-refractivity contribution in [1.29, 1.82) is 0 Å². The highest BCUT2D eigenvalue weighted by Crippen LogP contribution is 2.23. The Bertz CT molecular complexity index is 419. The molecule has 2 unspecified atom stereocenters. The number of aryl methyl sites for hydroxylation is 1. The highest BCUT2D eigenvalue weighted by Gasteiger charge is 2.23. The van der Waals surface area contributed by atoms with Gasteiger partial charge in [-0.25, -0.2) is 4.39 Å². The van der Waals surface area contributed by atoms with Gasteiger partial charge in [-0.1, -0.05) is 6.07 Å². The van der Waals surface area contributed by atoms with Gasteiger partial charge in [0.05, 0.1) is 19.1 Å². The van der Waals surface area contributed by atoms with Gasteiger partial charge >= 0.3 is 5.97 Å². The summed E-state index contributed by atoms with van der Waals surface area (Å²) in [4.78, 5) is 11.2. The number of carbonyl (C=O) groups is 1. The van der Waals surface area contributed by atoms with E-state index in [1.807, 2.05) is 0 Å². The molecule has 0 radical (unpaired) electrons. The van der Waals surface area contributed by atoms with Gasteiger partial charge in [-0.15, -0.1) is 0 Å². The minimum absolute atomic E-state index is 0.209. The van der Waals surface area contributed by atoms with Crippen molar-refractivity contribution < 1.29 is 24.1 Å². The van der Waals surface area contributed by atoms with E-state index in [0.29, 0.717) is 5.56 Å². The van der Waals surface area contributed by atoms with Crippen molar-refractivity contribution in [2.45, 2.75) is 32.5 Å². The maximum absolute atomic E-state index is 13.1. The summed E-state index contributed by atoms with van der Waals surface area (Å²) in [5, 5.41) is 19.6. The van der Waals surface area contributed by atoms with Crippen LogP contribution in [0.4, 0.5) is 4.39 Å². The molecular formula is C13H17FO4. The molecule has 0 bridgehead atoms. The van der Waals surface area contributed by atoms with Gasteiger partial charge in [-0.05, 0) is 37.1 Å². The summed E-state index contributed by atoms with van der Waals surface area (Å²) < 4.78 is 17.7. The molecule has 1 aromatic rings. The van der Waals surface area contributed by atoms with E-state index in [1.54, 1.807) is 13.8 Å². The zero-order valence-corrected chi connectivity index (χ0v) is 10.4. The molecule has 100 valence electrons. The predicted molar refractivity (Wildman–Crippen MR) is 63.4 cm³/mol. The van der Waals surface area contributed by atoms with Crippen molar-refractivity contribution >= 4 is 5.97 Å². The Morgan fingerprint density at radius 3 is 2.72 bits per heavy atom. The summed E-state index contributed by atoms with van der Waals surface area (Å²) in [7, 11) is 0. The minimum atomic E-state index is -1.32. The Labute approximate surface area is 105 Å². The topological polar surface area (TPSA) is 66.8 Å². The zero-order valence-electron chi connectivity index (χ0n) is 10.4. The molecule has 0 spiro atoms. The molecule has 2 N–H and O–H groups in total. The fourth-order valence-corrected chi connectivity index (χ4v) is 1.64. The molecule has 0 saturated carbocycles. The van der Waals surface area contributed by atoms with Gasteiger partial charge in [0, 0.05) is 0 Å². The number of carbonyl (C=O) groups excluding carboxylic acids is 1. The Morgan fingerprint density at radius 1 is 1.44 bits per heavy atom. The predicted octanol–water partition coefficient (Wildman–Crippen LogP) is 1.48. The van der Waals surface area contributed by atoms with E-state index in [2.05, 4.69) is 4.74 Å². The molecule has 0 saturated heterocycles. The van der Waals surface area contributed by atoms with Crippen molar-refractivity contribution in [2.75, 3.05) is 6.61 Å². The lowest BCUT2D eigenvalue weighted by atomic mass is 9.98. The highest BCUT2D eigenvalue weighted by atomic mass is 19.1. The monoisotopic (exact) mass is 256 g/mol. The van der Waals surface area contributed by atoms with Crippen molar-refractivity contribution in [3.05, 3.63) is 35.1 Å². The lowest BCUT2D eigenvalue weighted by Gasteiger charge is -2.19. The summed E-state index contributed by atoms with van der Waals surface area (Å²) >= 11 is 0. The van der Waals surface area contributed by atoms with Crippen LogP contribution in [-0.4, -0.2) is 28.9 Å². The fraction of sp³-hybridized carbons (Fsp3) is 0.462. The Morgan fingerprint density at radius 2 is 2.11 bits per heavy atom. The van der Waals surface area contributed by atoms with Crippen LogP contribution >= 0.6 is 0 Å². The second-order valence-electron chi connectivity index (χ2n) is 4.02. The Kier molecular flexibility index (Phi) is 5.25. The third-order valence-corrected chi connectivity index (χ3v) is 2.61. The Balaban J connectivity index is 2.76. The van der Waals surface area contributed by atoms with Gasteiger partial charge in [0.1, 0.15) is 11.9 Å². The van der Waals surface area contributed by atoms with Crippen molar-refractivity contribution in [3.63, 3.8) is 0 Å². The molecule has 4 nitrogen and oxygen atoms in total. The van der Waals surface area contributed by atoms with Gasteiger partial charge in [0.25, 0.3) is 0 Å². The molecule has 5 heteroatoms. The number of ether oxygens (including phenoxy) is 1. The third-order valence-electron chi connectivity index (χ3n) is 2.61. The third kappa shape index (κ3) is 3.78. The van der Waals surface area contributed by atoms with Crippen LogP contribution in [0.2, 0.25) is 0 Å². The molecule has 0 amide bonds. The molecule has 0 aliphatic rings. The van der Waals surface area contributed by atoms with Gasteiger partial charge in [-0.3, -0.25) is 4.79 Å². The summed E-state index contributed by atoms with van der Waals surface area (Å²) in [6, 6.07) is 3.92. The molecule has 1 rings (SSSR count). The molecule has 2 atom stereocenters. The average molecular weight is 256 g/mol. The van der Waals surface area contributed by atoms with E-state index in [4.69, 9.17) is 0 Å². The van der Waals surface area contributed by atoms with Crippen LogP contribution in [0.15, 0.2) is 18.2 Å². The van der Waals surface area contributed by atoms with Gasteiger partial charge in [0.15, 0.2) is 0 Å². The normalized spacial score (nSPS) is 14.1. The zero-order chi connectivity index (χ0) is 13.7. The second-order valence-corrected chi connectivity index (χ2v) is 4.02. The standard InChI is InChI=1S/C13H17FO4/c1-3-18-12(16)7-11(15)13(17)10-6-9(14)5-4-8(10)2/h4-6,11,13,15,17H,3,7H2,1-2H3. The lowest BCUT2D eigenvalue weighted by molar-refractivity contribution is -0.147. The maximum Gasteiger partial charge on any atom is 0.308 e. The lowest BCUT2D eigenvalue weighted by Crippen LogP contribution is -2.23. The number of rotatable bonds is 5. The Hall–Kier alpha value is -1.46. The van der Waals surface area contributed by atoms with Gasteiger partial charge in [0.2, 0.25) is 0 Å². The number of esters is 1. The average Bonchev–Trinajstić information content (AvgIpc) is 2.31. The van der Waals surface area contributed by atoms with E-state index in [9.17, 15) is 19.4 Å². The molecule has 0 fully saturated rings. The van der Waals surface area contributed by atoms with E-state index in [-0.39, 0.29) is 18.6 Å². The first-order chi connectivity index (χ1) is 8.45. The molecule has 0 aliphatic heterocycles. The van der Waals surface area contributed by atoms with Crippen LogP contribution in [0.3, 0.4) is 0 Å². The van der Waals surface area contributed by atoms with Crippen LogP contribution in [0.5, 0.6) is 0 Å². The van der Waals surface area contributed by atoms with Crippen LogP contribution in [0.1, 0.15) is 30.6 Å². The van der Waals surface area contributed by atoms with E-state index >= 15 is 0 Å². The largest absolute Gasteiger partial charge is 0.466 e. The van der Waals surface area contributed by atoms with Crippen molar-refractivity contribution in [3.8, 4) is 0 Å². The van der Waals surface area contributed by atoms with Crippen LogP contribution in [0, 0.1) is 12.7 Å². The number of benzene rings is 1. The SMILES string of the molecule is CCOC(=O)CC(O)C(O)c1cc(F)ccc1C. The first-order valence-corrected chi connectivity index (χ1v) is 5.73. The maximum atomic E-state index is 13.1. The van der Waals surface area contributed by atoms with E-state index in [1.165, 1.54) is 12.1 Å². The summed E-state index contributed by atoms with van der Waals surface area (Å²) in [6.45, 7) is 3.55. The second kappa shape index (κ2) is 6.47. The summed E-state index contributed by atoms with van der Waals surface area (Å²) in [6.07, 6.45) is -2.96.